The molecule has 20 heavy (non-hydrogen) atoms. The number of benzene rings is 1. The third-order valence-corrected chi connectivity index (χ3v) is 3.07. The van der Waals surface area contributed by atoms with Gasteiger partial charge in [-0.2, -0.15) is 0 Å². The summed E-state index contributed by atoms with van der Waals surface area (Å²) in [5.74, 6) is -0.283. The molecule has 0 spiro atoms. The van der Waals surface area contributed by atoms with Crippen molar-refractivity contribution in [2.45, 2.75) is 26.2 Å². The first-order valence-corrected chi connectivity index (χ1v) is 6.69. The van der Waals surface area contributed by atoms with Gasteiger partial charge in [-0.1, -0.05) is 18.2 Å². The van der Waals surface area contributed by atoms with Crippen molar-refractivity contribution in [3.05, 3.63) is 42.2 Å². The summed E-state index contributed by atoms with van der Waals surface area (Å²) in [4.78, 5) is 27.3. The molecular weight excluding hydrogens is 254 g/mol. The maximum Gasteiger partial charge on any atom is 0.306 e. The molecule has 0 unspecified atom stereocenters. The predicted octanol–water partition coefficient (Wildman–Crippen LogP) is 2.69. The molecule has 1 aromatic carbocycles. The number of Topliss-reactive ketones (excluding diaryl/α,β-unsaturated/α-hetero) is 1. The van der Waals surface area contributed by atoms with E-state index in [1.807, 2.05) is 24.3 Å². The van der Waals surface area contributed by atoms with Crippen molar-refractivity contribution in [2.75, 3.05) is 6.61 Å². The molecule has 0 radical (unpaired) electrons. The van der Waals surface area contributed by atoms with E-state index in [2.05, 4.69) is 4.98 Å². The van der Waals surface area contributed by atoms with Crippen LogP contribution in [-0.2, 0) is 20.7 Å². The highest BCUT2D eigenvalue weighted by molar-refractivity contribution is 5.91. The molecule has 1 aromatic heterocycles. The lowest BCUT2D eigenvalue weighted by Gasteiger charge is -2.05. The number of carbonyl (C=O) groups is 2. The Labute approximate surface area is 117 Å². The number of ether oxygens (including phenoxy) is 1. The maximum absolute atomic E-state index is 11.9. The van der Waals surface area contributed by atoms with Crippen molar-refractivity contribution in [2.24, 2.45) is 0 Å². The van der Waals surface area contributed by atoms with Gasteiger partial charge in [0.15, 0.2) is 0 Å². The topological polar surface area (TPSA) is 56.3 Å². The van der Waals surface area contributed by atoms with Gasteiger partial charge in [0.25, 0.3) is 0 Å². The molecule has 0 N–H and O–H groups in total. The minimum absolute atomic E-state index is 0.0365. The summed E-state index contributed by atoms with van der Waals surface area (Å²) in [7, 11) is 0. The van der Waals surface area contributed by atoms with E-state index in [0.29, 0.717) is 13.0 Å². The van der Waals surface area contributed by atoms with Gasteiger partial charge in [-0.25, -0.2) is 0 Å². The van der Waals surface area contributed by atoms with Gasteiger partial charge in [-0.05, 0) is 23.9 Å². The van der Waals surface area contributed by atoms with Crippen LogP contribution in [0.4, 0.5) is 0 Å². The normalized spacial score (nSPS) is 10.4. The van der Waals surface area contributed by atoms with Crippen LogP contribution in [0.2, 0.25) is 0 Å². The molecule has 2 rings (SSSR count). The fourth-order valence-electron chi connectivity index (χ4n) is 2.11. The summed E-state index contributed by atoms with van der Waals surface area (Å²) in [6, 6.07) is 7.76. The van der Waals surface area contributed by atoms with Crippen molar-refractivity contribution in [3.8, 4) is 0 Å². The van der Waals surface area contributed by atoms with Gasteiger partial charge in [0.05, 0.1) is 13.0 Å². The zero-order valence-corrected chi connectivity index (χ0v) is 11.5. The first kappa shape index (κ1) is 14.2. The number of hydrogen-bond acceptors (Lipinski definition) is 4. The molecular formula is C16H17NO3. The molecule has 0 aliphatic heterocycles. The van der Waals surface area contributed by atoms with Gasteiger partial charge in [0.2, 0.25) is 0 Å². The highest BCUT2D eigenvalue weighted by atomic mass is 16.5. The molecule has 0 saturated heterocycles. The quantitative estimate of drug-likeness (QED) is 0.758. The van der Waals surface area contributed by atoms with Crippen molar-refractivity contribution in [1.82, 2.24) is 4.98 Å². The van der Waals surface area contributed by atoms with E-state index in [4.69, 9.17) is 4.74 Å². The zero-order chi connectivity index (χ0) is 14.4. The van der Waals surface area contributed by atoms with E-state index in [0.717, 1.165) is 16.3 Å². The smallest absolute Gasteiger partial charge is 0.306 e. The van der Waals surface area contributed by atoms with Crippen LogP contribution in [0, 0.1) is 0 Å². The number of ketones is 1. The van der Waals surface area contributed by atoms with Crippen LogP contribution in [0.1, 0.15) is 25.3 Å². The van der Waals surface area contributed by atoms with Crippen LogP contribution in [-0.4, -0.2) is 23.3 Å². The van der Waals surface area contributed by atoms with Gasteiger partial charge < -0.3 is 4.74 Å². The Morgan fingerprint density at radius 3 is 2.85 bits per heavy atom. The van der Waals surface area contributed by atoms with Gasteiger partial charge in [0, 0.05) is 30.6 Å². The Kier molecular flexibility index (Phi) is 4.82. The number of aromatic nitrogens is 1. The highest BCUT2D eigenvalue weighted by Gasteiger charge is 2.10. The predicted molar refractivity (Wildman–Crippen MR) is 76.3 cm³/mol. The molecule has 0 aliphatic rings. The number of hydrogen-bond donors (Lipinski definition) is 0. The molecule has 4 heteroatoms. The van der Waals surface area contributed by atoms with Crippen LogP contribution in [0.3, 0.4) is 0 Å². The highest BCUT2D eigenvalue weighted by Crippen LogP contribution is 2.18. The number of fused-ring (bicyclic) bond motifs is 1. The van der Waals surface area contributed by atoms with E-state index >= 15 is 0 Å². The molecule has 2 aromatic rings. The lowest BCUT2D eigenvalue weighted by Crippen LogP contribution is -2.09. The van der Waals surface area contributed by atoms with Crippen molar-refractivity contribution in [1.29, 1.82) is 0 Å². The monoisotopic (exact) mass is 271 g/mol. The lowest BCUT2D eigenvalue weighted by atomic mass is 10.0. The van der Waals surface area contributed by atoms with Crippen LogP contribution >= 0.6 is 0 Å². The van der Waals surface area contributed by atoms with E-state index in [9.17, 15) is 9.59 Å². The first-order valence-electron chi connectivity index (χ1n) is 6.69. The van der Waals surface area contributed by atoms with E-state index in [1.165, 1.54) is 0 Å². The number of nitrogens with zero attached hydrogens (tertiary/aromatic N) is 1. The molecule has 4 nitrogen and oxygen atoms in total. The summed E-state index contributed by atoms with van der Waals surface area (Å²) >= 11 is 0. The Morgan fingerprint density at radius 1 is 1.20 bits per heavy atom. The van der Waals surface area contributed by atoms with Gasteiger partial charge in [-0.3, -0.25) is 14.6 Å². The number of esters is 1. The minimum atomic E-state index is -0.319. The molecule has 0 fully saturated rings. The Hall–Kier alpha value is -2.23. The second-order valence-electron chi connectivity index (χ2n) is 4.53. The molecule has 104 valence electrons. The summed E-state index contributed by atoms with van der Waals surface area (Å²) in [6.07, 6.45) is 4.19. The second kappa shape index (κ2) is 6.80. The van der Waals surface area contributed by atoms with Crippen molar-refractivity contribution in [3.63, 3.8) is 0 Å². The van der Waals surface area contributed by atoms with Crippen LogP contribution < -0.4 is 0 Å². The Bertz CT molecular complexity index is 617. The summed E-state index contributed by atoms with van der Waals surface area (Å²) < 4.78 is 4.81. The third-order valence-electron chi connectivity index (χ3n) is 3.07. The standard InChI is InChI=1S/C16H17NO3/c1-2-20-16(19)7-6-14(18)10-13-5-3-4-12-8-9-17-11-15(12)13/h3-5,8-9,11H,2,6-7,10H2,1H3. The van der Waals surface area contributed by atoms with Crippen LogP contribution in [0.25, 0.3) is 10.8 Å². The molecule has 1 heterocycles. The van der Waals surface area contributed by atoms with Gasteiger partial charge in [-0.15, -0.1) is 0 Å². The van der Waals surface area contributed by atoms with Crippen molar-refractivity contribution < 1.29 is 14.3 Å². The average molecular weight is 271 g/mol. The van der Waals surface area contributed by atoms with Gasteiger partial charge >= 0.3 is 5.97 Å². The van der Waals surface area contributed by atoms with E-state index < -0.39 is 0 Å². The second-order valence-corrected chi connectivity index (χ2v) is 4.53. The van der Waals surface area contributed by atoms with Crippen molar-refractivity contribution >= 4 is 22.5 Å². The third kappa shape index (κ3) is 3.63. The molecule has 0 bridgehead atoms. The Balaban J connectivity index is 2.01. The minimum Gasteiger partial charge on any atom is -0.466 e. The van der Waals surface area contributed by atoms with E-state index in [1.54, 1.807) is 19.3 Å². The Morgan fingerprint density at radius 2 is 2.05 bits per heavy atom. The first-order chi connectivity index (χ1) is 9.70. The fourth-order valence-corrected chi connectivity index (χ4v) is 2.11. The largest absolute Gasteiger partial charge is 0.466 e. The average Bonchev–Trinajstić information content (AvgIpc) is 2.46. The maximum atomic E-state index is 11.9. The zero-order valence-electron chi connectivity index (χ0n) is 11.5. The molecule has 0 saturated carbocycles. The van der Waals surface area contributed by atoms with Crippen LogP contribution in [0.5, 0.6) is 0 Å². The SMILES string of the molecule is CCOC(=O)CCC(=O)Cc1cccc2ccncc12. The van der Waals surface area contributed by atoms with Gasteiger partial charge in [0.1, 0.15) is 5.78 Å². The number of pyridine rings is 1. The summed E-state index contributed by atoms with van der Waals surface area (Å²) in [5.41, 5.74) is 0.949. The number of carbonyl (C=O) groups excluding carboxylic acids is 2. The van der Waals surface area contributed by atoms with Crippen LogP contribution in [0.15, 0.2) is 36.7 Å². The summed E-state index contributed by atoms with van der Waals surface area (Å²) in [6.45, 7) is 2.10. The molecule has 0 amide bonds. The van der Waals surface area contributed by atoms with E-state index in [-0.39, 0.29) is 24.6 Å². The molecule has 0 atom stereocenters. The lowest BCUT2D eigenvalue weighted by molar-refractivity contribution is -0.144. The summed E-state index contributed by atoms with van der Waals surface area (Å²) in [5, 5.41) is 2.05. The number of rotatable bonds is 6. The fraction of sp³-hybridized carbons (Fsp3) is 0.312. The molecule has 0 aliphatic carbocycles.